The number of carbonyl (C=O) groups is 1. The van der Waals surface area contributed by atoms with Crippen LogP contribution in [0.4, 0.5) is 23.7 Å². The maximum atomic E-state index is 13.4. The highest BCUT2D eigenvalue weighted by molar-refractivity contribution is 5.89. The molecule has 2 unspecified atom stereocenters. The Morgan fingerprint density at radius 3 is 2.52 bits per heavy atom. The molecule has 0 aromatic heterocycles. The highest BCUT2D eigenvalue weighted by atomic mass is 19.2. The number of aliphatic hydroxyl groups excluding tert-OH is 1. The zero-order valence-corrected chi connectivity index (χ0v) is 11.3. The Hall–Kier alpha value is -1.76. The number of urea groups is 1. The van der Waals surface area contributed by atoms with Crippen LogP contribution in [-0.2, 0) is 0 Å². The second-order valence-corrected chi connectivity index (χ2v) is 5.18. The first-order valence-electron chi connectivity index (χ1n) is 6.84. The minimum absolute atomic E-state index is 0.0372. The predicted molar refractivity (Wildman–Crippen MR) is 71.3 cm³/mol. The minimum Gasteiger partial charge on any atom is -0.396 e. The summed E-state index contributed by atoms with van der Waals surface area (Å²) in [7, 11) is 0. The van der Waals surface area contributed by atoms with Crippen molar-refractivity contribution in [2.75, 3.05) is 11.9 Å². The van der Waals surface area contributed by atoms with Gasteiger partial charge in [-0.2, -0.15) is 0 Å². The lowest BCUT2D eigenvalue weighted by molar-refractivity contribution is 0.156. The smallest absolute Gasteiger partial charge is 0.319 e. The molecule has 1 aliphatic carbocycles. The first kappa shape index (κ1) is 15.6. The maximum Gasteiger partial charge on any atom is 0.319 e. The van der Waals surface area contributed by atoms with Gasteiger partial charge in [-0.05, 0) is 12.8 Å². The van der Waals surface area contributed by atoms with Crippen molar-refractivity contribution in [1.82, 2.24) is 5.32 Å². The average Bonchev–Trinajstić information content (AvgIpc) is 2.45. The van der Waals surface area contributed by atoms with Crippen molar-refractivity contribution in [2.24, 2.45) is 5.92 Å². The van der Waals surface area contributed by atoms with Gasteiger partial charge in [0.05, 0.1) is 5.69 Å². The number of halogens is 3. The lowest BCUT2D eigenvalue weighted by atomic mass is 9.85. The van der Waals surface area contributed by atoms with E-state index < -0.39 is 29.2 Å². The van der Waals surface area contributed by atoms with Crippen molar-refractivity contribution < 1.29 is 23.1 Å². The molecule has 1 aromatic rings. The van der Waals surface area contributed by atoms with Crippen LogP contribution in [0.25, 0.3) is 0 Å². The van der Waals surface area contributed by atoms with Crippen LogP contribution in [0, 0.1) is 23.4 Å². The molecule has 1 aromatic carbocycles. The highest BCUT2D eigenvalue weighted by Gasteiger charge is 2.26. The standard InChI is InChI=1S/C14H17F3N2O2/c15-9-5-11(17)13(6-10(9)16)19-14(21)18-12-4-2-1-3-8(12)7-20/h5-6,8,12,20H,1-4,7H2,(H2,18,19,21). The van der Waals surface area contributed by atoms with Gasteiger partial charge in [0, 0.05) is 30.7 Å². The van der Waals surface area contributed by atoms with Crippen LogP contribution in [0.3, 0.4) is 0 Å². The van der Waals surface area contributed by atoms with E-state index in [-0.39, 0.29) is 18.6 Å². The molecule has 0 radical (unpaired) electrons. The third-order valence-electron chi connectivity index (χ3n) is 3.72. The molecule has 2 atom stereocenters. The summed E-state index contributed by atoms with van der Waals surface area (Å²) in [5, 5.41) is 14.0. The Morgan fingerprint density at radius 2 is 1.81 bits per heavy atom. The molecule has 21 heavy (non-hydrogen) atoms. The number of amides is 2. The van der Waals surface area contributed by atoms with E-state index in [2.05, 4.69) is 10.6 Å². The van der Waals surface area contributed by atoms with Gasteiger partial charge in [-0.25, -0.2) is 18.0 Å². The van der Waals surface area contributed by atoms with Gasteiger partial charge >= 0.3 is 6.03 Å². The molecule has 2 rings (SSSR count). The number of hydrogen-bond donors (Lipinski definition) is 3. The number of hydrogen-bond acceptors (Lipinski definition) is 2. The predicted octanol–water partition coefficient (Wildman–Crippen LogP) is 2.78. The molecule has 0 saturated heterocycles. The highest BCUT2D eigenvalue weighted by Crippen LogP contribution is 2.24. The second-order valence-electron chi connectivity index (χ2n) is 5.18. The quantitative estimate of drug-likeness (QED) is 0.752. The van der Waals surface area contributed by atoms with E-state index in [1.165, 1.54) is 0 Å². The summed E-state index contributed by atoms with van der Waals surface area (Å²) in [6.07, 6.45) is 3.45. The SMILES string of the molecule is O=C(Nc1cc(F)c(F)cc1F)NC1CCCCC1CO. The molecule has 0 aliphatic heterocycles. The van der Waals surface area contributed by atoms with E-state index in [4.69, 9.17) is 0 Å². The topological polar surface area (TPSA) is 61.4 Å². The monoisotopic (exact) mass is 302 g/mol. The normalized spacial score (nSPS) is 21.9. The van der Waals surface area contributed by atoms with Gasteiger partial charge in [-0.15, -0.1) is 0 Å². The van der Waals surface area contributed by atoms with Gasteiger partial charge in [0.15, 0.2) is 11.6 Å². The fourth-order valence-electron chi connectivity index (χ4n) is 2.56. The minimum atomic E-state index is -1.31. The molecule has 4 nitrogen and oxygen atoms in total. The summed E-state index contributed by atoms with van der Waals surface area (Å²) in [6, 6.07) is 0.0545. The molecule has 0 bridgehead atoms. The summed E-state index contributed by atoms with van der Waals surface area (Å²) >= 11 is 0. The first-order chi connectivity index (χ1) is 10.0. The van der Waals surface area contributed by atoms with Crippen LogP contribution in [0.15, 0.2) is 12.1 Å². The van der Waals surface area contributed by atoms with Crippen molar-refractivity contribution in [3.8, 4) is 0 Å². The van der Waals surface area contributed by atoms with Gasteiger partial charge in [-0.3, -0.25) is 0 Å². The summed E-state index contributed by atoms with van der Waals surface area (Å²) in [6.45, 7) is -0.0372. The molecule has 1 aliphatic rings. The van der Waals surface area contributed by atoms with Gasteiger partial charge in [-0.1, -0.05) is 12.8 Å². The van der Waals surface area contributed by atoms with Gasteiger partial charge in [0.25, 0.3) is 0 Å². The second kappa shape index (κ2) is 6.80. The summed E-state index contributed by atoms with van der Waals surface area (Å²) < 4.78 is 39.3. The largest absolute Gasteiger partial charge is 0.396 e. The number of nitrogens with one attached hydrogen (secondary N) is 2. The van der Waals surface area contributed by atoms with Gasteiger partial charge < -0.3 is 15.7 Å². The van der Waals surface area contributed by atoms with Crippen LogP contribution < -0.4 is 10.6 Å². The molecular weight excluding hydrogens is 285 g/mol. The number of carbonyl (C=O) groups excluding carboxylic acids is 1. The molecule has 1 fully saturated rings. The Kier molecular flexibility index (Phi) is 5.06. The van der Waals surface area contributed by atoms with Crippen LogP contribution in [0.1, 0.15) is 25.7 Å². The fourth-order valence-corrected chi connectivity index (χ4v) is 2.56. The van der Waals surface area contributed by atoms with Crippen molar-refractivity contribution in [3.05, 3.63) is 29.6 Å². The Bertz CT molecular complexity index is 525. The Labute approximate surface area is 120 Å². The van der Waals surface area contributed by atoms with Crippen LogP contribution in [0.5, 0.6) is 0 Å². The molecule has 2 amide bonds. The van der Waals surface area contributed by atoms with Crippen molar-refractivity contribution >= 4 is 11.7 Å². The molecule has 0 spiro atoms. The van der Waals surface area contributed by atoms with E-state index in [0.29, 0.717) is 12.1 Å². The average molecular weight is 302 g/mol. The van der Waals surface area contributed by atoms with Crippen LogP contribution in [0.2, 0.25) is 0 Å². The fraction of sp³-hybridized carbons (Fsp3) is 0.500. The third kappa shape index (κ3) is 3.87. The van der Waals surface area contributed by atoms with E-state index in [1.807, 2.05) is 0 Å². The molecule has 1 saturated carbocycles. The summed E-state index contributed by atoms with van der Waals surface area (Å²) in [5.41, 5.74) is -0.428. The number of rotatable bonds is 3. The maximum absolute atomic E-state index is 13.4. The zero-order chi connectivity index (χ0) is 15.4. The van der Waals surface area contributed by atoms with Gasteiger partial charge in [0.1, 0.15) is 5.82 Å². The molecule has 0 heterocycles. The lowest BCUT2D eigenvalue weighted by Crippen LogP contribution is -2.45. The summed E-state index contributed by atoms with van der Waals surface area (Å²) in [4.78, 5) is 11.8. The molecule has 7 heteroatoms. The van der Waals surface area contributed by atoms with Crippen molar-refractivity contribution in [2.45, 2.75) is 31.7 Å². The first-order valence-corrected chi connectivity index (χ1v) is 6.84. The van der Waals surface area contributed by atoms with E-state index in [1.54, 1.807) is 0 Å². The van der Waals surface area contributed by atoms with Gasteiger partial charge in [0.2, 0.25) is 0 Å². The third-order valence-corrected chi connectivity index (χ3v) is 3.72. The van der Waals surface area contributed by atoms with Crippen molar-refractivity contribution in [3.63, 3.8) is 0 Å². The Balaban J connectivity index is 2.00. The summed E-state index contributed by atoms with van der Waals surface area (Å²) in [5.74, 6) is -3.64. The molecular formula is C14H17F3N2O2. The van der Waals surface area contributed by atoms with E-state index in [0.717, 1.165) is 25.7 Å². The lowest BCUT2D eigenvalue weighted by Gasteiger charge is -2.30. The number of benzene rings is 1. The van der Waals surface area contributed by atoms with Crippen molar-refractivity contribution in [1.29, 1.82) is 0 Å². The van der Waals surface area contributed by atoms with Crippen LogP contribution >= 0.6 is 0 Å². The molecule has 116 valence electrons. The number of anilines is 1. The number of aliphatic hydroxyl groups is 1. The van der Waals surface area contributed by atoms with E-state index in [9.17, 15) is 23.1 Å². The Morgan fingerprint density at radius 1 is 1.14 bits per heavy atom. The zero-order valence-electron chi connectivity index (χ0n) is 11.3. The van der Waals surface area contributed by atoms with Crippen LogP contribution in [-0.4, -0.2) is 23.8 Å². The molecule has 3 N–H and O–H groups in total. The van der Waals surface area contributed by atoms with E-state index >= 15 is 0 Å².